The topological polar surface area (TPSA) is 41.5 Å². The molecule has 1 aromatic rings. The van der Waals surface area contributed by atoms with E-state index in [4.69, 9.17) is 9.84 Å². The van der Waals surface area contributed by atoms with Crippen molar-refractivity contribution >= 4 is 0 Å². The van der Waals surface area contributed by atoms with Gasteiger partial charge in [-0.25, -0.2) is 0 Å². The second-order valence-electron chi connectivity index (χ2n) is 4.30. The van der Waals surface area contributed by atoms with E-state index in [0.717, 1.165) is 18.6 Å². The molecule has 0 amide bonds. The summed E-state index contributed by atoms with van der Waals surface area (Å²) in [5.41, 5.74) is 1.28. The van der Waals surface area contributed by atoms with E-state index in [1.165, 1.54) is 12.0 Å². The summed E-state index contributed by atoms with van der Waals surface area (Å²) >= 11 is 0. The summed E-state index contributed by atoms with van der Waals surface area (Å²) in [7, 11) is 1.68. The zero-order chi connectivity index (χ0) is 11.4. The van der Waals surface area contributed by atoms with E-state index in [1.54, 1.807) is 7.11 Å². The lowest BCUT2D eigenvalue weighted by Gasteiger charge is -2.30. The van der Waals surface area contributed by atoms with E-state index in [-0.39, 0.29) is 12.6 Å². The van der Waals surface area contributed by atoms with Gasteiger partial charge < -0.3 is 15.2 Å². The molecule has 3 nitrogen and oxygen atoms in total. The van der Waals surface area contributed by atoms with Crippen LogP contribution in [0.3, 0.4) is 0 Å². The fourth-order valence-corrected chi connectivity index (χ4v) is 2.26. The standard InChI is InChI=1S/C13H19NO2/c1-16-12-7-5-10(6-8-12)13-4-2-3-11(9-15)14-13/h5-8,11,13-15H,2-4,9H2,1H3. The van der Waals surface area contributed by atoms with Gasteiger partial charge in [0, 0.05) is 12.1 Å². The van der Waals surface area contributed by atoms with Crippen molar-refractivity contribution in [3.05, 3.63) is 29.8 Å². The number of aliphatic hydroxyl groups excluding tert-OH is 1. The molecule has 0 saturated carbocycles. The first kappa shape index (κ1) is 11.4. The Morgan fingerprint density at radius 1 is 1.31 bits per heavy atom. The monoisotopic (exact) mass is 221 g/mol. The van der Waals surface area contributed by atoms with Crippen LogP contribution < -0.4 is 10.1 Å². The van der Waals surface area contributed by atoms with Crippen LogP contribution in [0.2, 0.25) is 0 Å². The molecule has 0 aromatic heterocycles. The van der Waals surface area contributed by atoms with Gasteiger partial charge in [-0.05, 0) is 37.0 Å². The third kappa shape index (κ3) is 2.54. The summed E-state index contributed by atoms with van der Waals surface area (Å²) in [6, 6.07) is 8.78. The van der Waals surface area contributed by atoms with Crippen LogP contribution in [0.15, 0.2) is 24.3 Å². The SMILES string of the molecule is COc1ccc(C2CCCC(CO)N2)cc1. The molecule has 16 heavy (non-hydrogen) atoms. The molecule has 1 aliphatic heterocycles. The number of aliphatic hydroxyl groups is 1. The predicted octanol–water partition coefficient (Wildman–Crippen LogP) is 1.87. The minimum atomic E-state index is 0.229. The van der Waals surface area contributed by atoms with Crippen LogP contribution in [0, 0.1) is 0 Å². The summed E-state index contributed by atoms with van der Waals surface area (Å²) in [6.07, 6.45) is 3.39. The number of methoxy groups -OCH3 is 1. The summed E-state index contributed by atoms with van der Waals surface area (Å²) in [5, 5.41) is 12.6. The van der Waals surface area contributed by atoms with E-state index in [2.05, 4.69) is 17.4 Å². The van der Waals surface area contributed by atoms with Crippen molar-refractivity contribution in [3.63, 3.8) is 0 Å². The maximum atomic E-state index is 9.16. The quantitative estimate of drug-likeness (QED) is 0.818. The van der Waals surface area contributed by atoms with Gasteiger partial charge in [0.25, 0.3) is 0 Å². The average molecular weight is 221 g/mol. The lowest BCUT2D eigenvalue weighted by atomic mass is 9.94. The van der Waals surface area contributed by atoms with Crippen molar-refractivity contribution < 1.29 is 9.84 Å². The van der Waals surface area contributed by atoms with Gasteiger partial charge in [0.1, 0.15) is 5.75 Å². The Morgan fingerprint density at radius 2 is 2.06 bits per heavy atom. The van der Waals surface area contributed by atoms with Gasteiger partial charge in [-0.3, -0.25) is 0 Å². The summed E-state index contributed by atoms with van der Waals surface area (Å²) < 4.78 is 5.14. The van der Waals surface area contributed by atoms with E-state index in [0.29, 0.717) is 6.04 Å². The van der Waals surface area contributed by atoms with E-state index < -0.39 is 0 Å². The number of hydrogen-bond donors (Lipinski definition) is 2. The fourth-order valence-electron chi connectivity index (χ4n) is 2.26. The summed E-state index contributed by atoms with van der Waals surface area (Å²) in [4.78, 5) is 0. The first-order valence-electron chi connectivity index (χ1n) is 5.84. The van der Waals surface area contributed by atoms with Gasteiger partial charge in [-0.15, -0.1) is 0 Å². The largest absolute Gasteiger partial charge is 0.497 e. The lowest BCUT2D eigenvalue weighted by Crippen LogP contribution is -2.39. The lowest BCUT2D eigenvalue weighted by molar-refractivity contribution is 0.198. The first-order chi connectivity index (χ1) is 7.83. The number of benzene rings is 1. The van der Waals surface area contributed by atoms with E-state index >= 15 is 0 Å². The highest BCUT2D eigenvalue weighted by Crippen LogP contribution is 2.26. The zero-order valence-corrected chi connectivity index (χ0v) is 9.65. The van der Waals surface area contributed by atoms with Crippen LogP contribution in [0.5, 0.6) is 5.75 Å². The van der Waals surface area contributed by atoms with Crippen LogP contribution in [0.25, 0.3) is 0 Å². The third-order valence-electron chi connectivity index (χ3n) is 3.22. The number of nitrogens with one attached hydrogen (secondary N) is 1. The van der Waals surface area contributed by atoms with Crippen LogP contribution >= 0.6 is 0 Å². The maximum Gasteiger partial charge on any atom is 0.118 e. The normalized spacial score (nSPS) is 25.4. The van der Waals surface area contributed by atoms with Gasteiger partial charge >= 0.3 is 0 Å². The molecule has 1 aromatic carbocycles. The number of rotatable bonds is 3. The average Bonchev–Trinajstić information content (AvgIpc) is 2.39. The molecule has 88 valence electrons. The molecule has 1 heterocycles. The van der Waals surface area contributed by atoms with Gasteiger partial charge in [0.2, 0.25) is 0 Å². The summed E-state index contributed by atoms with van der Waals surface area (Å²) in [6.45, 7) is 0.229. The van der Waals surface area contributed by atoms with Crippen LogP contribution in [-0.4, -0.2) is 24.9 Å². The minimum absolute atomic E-state index is 0.229. The molecule has 1 aliphatic rings. The Balaban J connectivity index is 2.05. The highest BCUT2D eigenvalue weighted by atomic mass is 16.5. The Morgan fingerprint density at radius 3 is 2.69 bits per heavy atom. The van der Waals surface area contributed by atoms with Gasteiger partial charge in [-0.1, -0.05) is 12.1 Å². The van der Waals surface area contributed by atoms with Crippen LogP contribution in [-0.2, 0) is 0 Å². The molecule has 1 fully saturated rings. The second-order valence-corrected chi connectivity index (χ2v) is 4.30. The molecular formula is C13H19NO2. The molecular weight excluding hydrogens is 202 g/mol. The molecule has 3 heteroatoms. The highest BCUT2D eigenvalue weighted by molar-refractivity contribution is 5.29. The molecule has 0 radical (unpaired) electrons. The smallest absolute Gasteiger partial charge is 0.118 e. The first-order valence-corrected chi connectivity index (χ1v) is 5.84. The Kier molecular flexibility index (Phi) is 3.80. The molecule has 2 atom stereocenters. The third-order valence-corrected chi connectivity index (χ3v) is 3.22. The molecule has 0 bridgehead atoms. The molecule has 2 N–H and O–H groups in total. The summed E-state index contributed by atoms with van der Waals surface area (Å²) in [5.74, 6) is 0.887. The Hall–Kier alpha value is -1.06. The molecule has 0 aliphatic carbocycles. The molecule has 2 unspecified atom stereocenters. The van der Waals surface area contributed by atoms with Gasteiger partial charge in [0.15, 0.2) is 0 Å². The van der Waals surface area contributed by atoms with Crippen molar-refractivity contribution in [2.75, 3.05) is 13.7 Å². The Bertz CT molecular complexity index is 323. The van der Waals surface area contributed by atoms with Crippen LogP contribution in [0.4, 0.5) is 0 Å². The number of piperidine rings is 1. The Labute approximate surface area is 96.4 Å². The van der Waals surface area contributed by atoms with Crippen molar-refractivity contribution in [2.24, 2.45) is 0 Å². The van der Waals surface area contributed by atoms with Crippen molar-refractivity contribution in [3.8, 4) is 5.75 Å². The maximum absolute atomic E-state index is 9.16. The zero-order valence-electron chi connectivity index (χ0n) is 9.65. The second kappa shape index (κ2) is 5.32. The van der Waals surface area contributed by atoms with Gasteiger partial charge in [0.05, 0.1) is 13.7 Å². The van der Waals surface area contributed by atoms with Crippen molar-refractivity contribution in [1.29, 1.82) is 0 Å². The fraction of sp³-hybridized carbons (Fsp3) is 0.538. The van der Waals surface area contributed by atoms with E-state index in [9.17, 15) is 0 Å². The predicted molar refractivity (Wildman–Crippen MR) is 63.6 cm³/mol. The van der Waals surface area contributed by atoms with Crippen LogP contribution in [0.1, 0.15) is 30.9 Å². The van der Waals surface area contributed by atoms with Crippen molar-refractivity contribution in [1.82, 2.24) is 5.32 Å². The van der Waals surface area contributed by atoms with Crippen molar-refractivity contribution in [2.45, 2.75) is 31.3 Å². The molecule has 0 spiro atoms. The number of ether oxygens (including phenoxy) is 1. The molecule has 1 saturated heterocycles. The van der Waals surface area contributed by atoms with E-state index in [1.807, 2.05) is 12.1 Å². The van der Waals surface area contributed by atoms with Gasteiger partial charge in [-0.2, -0.15) is 0 Å². The number of hydrogen-bond acceptors (Lipinski definition) is 3. The molecule has 2 rings (SSSR count). The minimum Gasteiger partial charge on any atom is -0.497 e. The highest BCUT2D eigenvalue weighted by Gasteiger charge is 2.21.